The molecule has 0 unspecified atom stereocenters. The van der Waals surface area contributed by atoms with Crippen molar-refractivity contribution in [1.29, 1.82) is 0 Å². The molecule has 34 heavy (non-hydrogen) atoms. The highest BCUT2D eigenvalue weighted by molar-refractivity contribution is 6.05. The lowest BCUT2D eigenvalue weighted by atomic mass is 10.1. The molecule has 0 saturated heterocycles. The number of ether oxygens (including phenoxy) is 4. The van der Waals surface area contributed by atoms with Crippen LogP contribution in [-0.4, -0.2) is 37.2 Å². The van der Waals surface area contributed by atoms with Crippen molar-refractivity contribution in [2.45, 2.75) is 0 Å². The third-order valence-electron chi connectivity index (χ3n) is 4.98. The number of carbonyl (C=O) groups excluding carboxylic acids is 1. The Labute approximate surface area is 197 Å². The zero-order valence-electron chi connectivity index (χ0n) is 18.9. The van der Waals surface area contributed by atoms with Gasteiger partial charge in [0.25, 0.3) is 5.91 Å². The molecule has 0 aliphatic carbocycles. The third-order valence-corrected chi connectivity index (χ3v) is 4.98. The van der Waals surface area contributed by atoms with E-state index in [9.17, 15) is 4.79 Å². The van der Waals surface area contributed by atoms with Gasteiger partial charge in [-0.3, -0.25) is 4.79 Å². The second-order valence-electron chi connectivity index (χ2n) is 7.07. The number of anilines is 1. The Bertz CT molecular complexity index is 1290. The van der Waals surface area contributed by atoms with Crippen LogP contribution in [0.15, 0.2) is 79.0 Å². The smallest absolute Gasteiger partial charge is 0.255 e. The molecule has 0 atom stereocenters. The largest absolute Gasteiger partial charge is 0.497 e. The fraction of sp³-hybridized carbons (Fsp3) is 0.115. The van der Waals surface area contributed by atoms with Gasteiger partial charge in [-0.2, -0.15) is 4.98 Å². The lowest BCUT2D eigenvalue weighted by molar-refractivity contribution is 0.102. The average Bonchev–Trinajstić information content (AvgIpc) is 2.89. The second kappa shape index (κ2) is 10.4. The van der Waals surface area contributed by atoms with Gasteiger partial charge in [0.05, 0.1) is 27.0 Å². The number of methoxy groups -OCH3 is 3. The normalized spacial score (nSPS) is 10.3. The van der Waals surface area contributed by atoms with Crippen LogP contribution in [0.4, 0.5) is 5.69 Å². The van der Waals surface area contributed by atoms with Gasteiger partial charge in [-0.1, -0.05) is 24.3 Å². The van der Waals surface area contributed by atoms with E-state index in [1.807, 2.05) is 18.2 Å². The first-order valence-electron chi connectivity index (χ1n) is 10.4. The Morgan fingerprint density at radius 1 is 0.794 bits per heavy atom. The fourth-order valence-corrected chi connectivity index (χ4v) is 3.22. The quantitative estimate of drug-likeness (QED) is 0.388. The van der Waals surface area contributed by atoms with Crippen molar-refractivity contribution in [3.05, 3.63) is 84.6 Å². The number of amides is 1. The van der Waals surface area contributed by atoms with Crippen LogP contribution in [0.3, 0.4) is 0 Å². The van der Waals surface area contributed by atoms with E-state index in [1.165, 1.54) is 7.11 Å². The monoisotopic (exact) mass is 457 g/mol. The molecule has 0 bridgehead atoms. The highest BCUT2D eigenvalue weighted by Gasteiger charge is 2.12. The summed E-state index contributed by atoms with van der Waals surface area (Å²) >= 11 is 0. The molecule has 0 spiro atoms. The first-order valence-corrected chi connectivity index (χ1v) is 10.4. The van der Waals surface area contributed by atoms with Crippen molar-refractivity contribution in [2.75, 3.05) is 26.6 Å². The van der Waals surface area contributed by atoms with Crippen molar-refractivity contribution in [3.63, 3.8) is 0 Å². The SMILES string of the molecule is COc1ccc(NC(=O)c2ccc(-c3nccc(Oc4ccccc4OC)n3)cc2)c(OC)c1. The number of hydrogen-bond acceptors (Lipinski definition) is 7. The van der Waals surface area contributed by atoms with Crippen molar-refractivity contribution >= 4 is 11.6 Å². The number of para-hydroxylation sites is 2. The van der Waals surface area contributed by atoms with Gasteiger partial charge in [-0.05, 0) is 36.4 Å². The zero-order chi connectivity index (χ0) is 23.9. The van der Waals surface area contributed by atoms with Crippen molar-refractivity contribution < 1.29 is 23.7 Å². The Morgan fingerprint density at radius 2 is 1.53 bits per heavy atom. The topological polar surface area (TPSA) is 91.8 Å². The summed E-state index contributed by atoms with van der Waals surface area (Å²) in [4.78, 5) is 21.5. The standard InChI is InChI=1S/C26H23N3O5/c1-31-19-12-13-20(23(16-19)33-3)28-26(30)18-10-8-17(9-11-18)25-27-15-14-24(29-25)34-22-7-5-4-6-21(22)32-2/h4-16H,1-3H3,(H,28,30). The molecule has 172 valence electrons. The second-order valence-corrected chi connectivity index (χ2v) is 7.07. The zero-order valence-corrected chi connectivity index (χ0v) is 18.9. The molecular formula is C26H23N3O5. The molecule has 1 heterocycles. The number of carbonyl (C=O) groups is 1. The minimum Gasteiger partial charge on any atom is -0.497 e. The van der Waals surface area contributed by atoms with Crippen molar-refractivity contribution in [1.82, 2.24) is 9.97 Å². The van der Waals surface area contributed by atoms with E-state index in [0.717, 1.165) is 5.56 Å². The van der Waals surface area contributed by atoms with Crippen LogP contribution in [0.2, 0.25) is 0 Å². The molecule has 0 fully saturated rings. The summed E-state index contributed by atoms with van der Waals surface area (Å²) in [6.45, 7) is 0. The van der Waals surface area contributed by atoms with Crippen LogP contribution >= 0.6 is 0 Å². The van der Waals surface area contributed by atoms with Gasteiger partial charge in [0.1, 0.15) is 11.5 Å². The van der Waals surface area contributed by atoms with Crippen LogP contribution in [0.25, 0.3) is 11.4 Å². The summed E-state index contributed by atoms with van der Waals surface area (Å²) in [5.74, 6) is 2.87. The molecule has 0 radical (unpaired) electrons. The third kappa shape index (κ3) is 5.07. The van der Waals surface area contributed by atoms with E-state index in [2.05, 4.69) is 15.3 Å². The molecule has 0 saturated carbocycles. The van der Waals surface area contributed by atoms with Gasteiger partial charge in [-0.15, -0.1) is 0 Å². The van der Waals surface area contributed by atoms with Crippen molar-refractivity contribution in [3.8, 4) is 40.3 Å². The summed E-state index contributed by atoms with van der Waals surface area (Å²) in [5.41, 5.74) is 1.76. The molecule has 8 nitrogen and oxygen atoms in total. The number of nitrogens with one attached hydrogen (secondary N) is 1. The molecule has 1 amide bonds. The Hall–Kier alpha value is -4.59. The molecule has 8 heteroatoms. The highest BCUT2D eigenvalue weighted by atomic mass is 16.5. The molecule has 1 N–H and O–H groups in total. The van der Waals surface area contributed by atoms with Gasteiger partial charge in [0.2, 0.25) is 5.88 Å². The summed E-state index contributed by atoms with van der Waals surface area (Å²) in [6.07, 6.45) is 1.61. The number of nitrogens with zero attached hydrogens (tertiary/aromatic N) is 2. The molecule has 0 aliphatic rings. The predicted octanol–water partition coefficient (Wildman–Crippen LogP) is 5.21. The molecule has 4 rings (SSSR count). The van der Waals surface area contributed by atoms with E-state index < -0.39 is 0 Å². The van der Waals surface area contributed by atoms with Crippen molar-refractivity contribution in [2.24, 2.45) is 0 Å². The van der Waals surface area contributed by atoms with E-state index in [0.29, 0.717) is 46.0 Å². The van der Waals surface area contributed by atoms with E-state index in [4.69, 9.17) is 18.9 Å². The summed E-state index contributed by atoms with van der Waals surface area (Å²) in [5, 5.41) is 2.85. The van der Waals surface area contributed by atoms with Gasteiger partial charge in [-0.25, -0.2) is 4.98 Å². The van der Waals surface area contributed by atoms with Gasteiger partial charge in [0.15, 0.2) is 17.3 Å². The molecule has 0 aliphatic heterocycles. The maximum Gasteiger partial charge on any atom is 0.255 e. The van der Waals surface area contributed by atoms with Gasteiger partial charge >= 0.3 is 0 Å². The number of benzene rings is 3. The maximum atomic E-state index is 12.7. The van der Waals surface area contributed by atoms with E-state index in [-0.39, 0.29) is 5.91 Å². The summed E-state index contributed by atoms with van der Waals surface area (Å²) < 4.78 is 21.7. The Kier molecular flexibility index (Phi) is 6.88. The number of hydrogen-bond donors (Lipinski definition) is 1. The van der Waals surface area contributed by atoms with E-state index >= 15 is 0 Å². The first-order chi connectivity index (χ1) is 16.6. The van der Waals surface area contributed by atoms with Gasteiger partial charge < -0.3 is 24.3 Å². The summed E-state index contributed by atoms with van der Waals surface area (Å²) in [7, 11) is 4.68. The predicted molar refractivity (Wildman–Crippen MR) is 128 cm³/mol. The van der Waals surface area contributed by atoms with E-state index in [1.54, 1.807) is 75.0 Å². The minimum atomic E-state index is -0.274. The number of aromatic nitrogens is 2. The van der Waals surface area contributed by atoms with Crippen LogP contribution in [-0.2, 0) is 0 Å². The fourth-order valence-electron chi connectivity index (χ4n) is 3.22. The van der Waals surface area contributed by atoms with Crippen LogP contribution in [0, 0.1) is 0 Å². The lowest BCUT2D eigenvalue weighted by Crippen LogP contribution is -2.12. The average molecular weight is 457 g/mol. The molecular weight excluding hydrogens is 434 g/mol. The van der Waals surface area contributed by atoms with Crippen LogP contribution < -0.4 is 24.3 Å². The lowest BCUT2D eigenvalue weighted by Gasteiger charge is -2.12. The van der Waals surface area contributed by atoms with Gasteiger partial charge in [0, 0.05) is 29.5 Å². The molecule has 4 aromatic rings. The van der Waals surface area contributed by atoms with Crippen LogP contribution in [0.1, 0.15) is 10.4 Å². The highest BCUT2D eigenvalue weighted by Crippen LogP contribution is 2.31. The summed E-state index contributed by atoms with van der Waals surface area (Å²) in [6, 6.07) is 21.1. The molecule has 1 aromatic heterocycles. The Morgan fingerprint density at radius 3 is 2.24 bits per heavy atom. The number of rotatable bonds is 8. The molecule has 3 aromatic carbocycles. The Balaban J connectivity index is 1.49. The van der Waals surface area contributed by atoms with Crippen LogP contribution in [0.5, 0.6) is 28.9 Å². The first kappa shape index (κ1) is 22.6. The maximum absolute atomic E-state index is 12.7. The minimum absolute atomic E-state index is 0.274.